The first-order valence-electron chi connectivity index (χ1n) is 7.69. The summed E-state index contributed by atoms with van der Waals surface area (Å²) in [7, 11) is 1.50. The van der Waals surface area contributed by atoms with E-state index in [1.165, 1.54) is 25.2 Å². The number of nitrogens with one attached hydrogen (secondary N) is 3. The molecule has 1 aromatic rings. The van der Waals surface area contributed by atoms with E-state index in [1.807, 2.05) is 0 Å². The molecule has 24 heavy (non-hydrogen) atoms. The van der Waals surface area contributed by atoms with Gasteiger partial charge in [0.25, 0.3) is 0 Å². The Labute approximate surface area is 139 Å². The van der Waals surface area contributed by atoms with Gasteiger partial charge in [-0.25, -0.2) is 4.39 Å². The smallest absolute Gasteiger partial charge is 0.238 e. The van der Waals surface area contributed by atoms with Crippen LogP contribution in [0.5, 0.6) is 0 Å². The van der Waals surface area contributed by atoms with Crippen molar-refractivity contribution in [3.05, 3.63) is 29.6 Å². The third-order valence-electron chi connectivity index (χ3n) is 3.91. The van der Waals surface area contributed by atoms with Crippen molar-refractivity contribution in [2.75, 3.05) is 32.0 Å². The van der Waals surface area contributed by atoms with Crippen molar-refractivity contribution in [3.8, 4) is 0 Å². The number of carbonyl (C=O) groups excluding carboxylic acids is 3. The Balaban J connectivity index is 2.02. The van der Waals surface area contributed by atoms with Crippen LogP contribution >= 0.6 is 0 Å². The van der Waals surface area contributed by atoms with Crippen molar-refractivity contribution in [1.82, 2.24) is 15.5 Å². The van der Waals surface area contributed by atoms with E-state index in [4.69, 9.17) is 0 Å². The lowest BCUT2D eigenvalue weighted by atomic mass is 10.1. The summed E-state index contributed by atoms with van der Waals surface area (Å²) in [5, 5.41) is 7.88. The second-order valence-electron chi connectivity index (χ2n) is 5.66. The quantitative estimate of drug-likeness (QED) is 0.706. The molecule has 130 valence electrons. The summed E-state index contributed by atoms with van der Waals surface area (Å²) >= 11 is 0. The number of hydrogen-bond acceptors (Lipinski definition) is 4. The largest absolute Gasteiger partial charge is 0.359 e. The fourth-order valence-corrected chi connectivity index (χ4v) is 2.59. The first-order chi connectivity index (χ1) is 11.4. The standard InChI is InChI=1S/C16H21FN4O3/c1-10-7-11(17)3-4-12(10)20-15(23)9-21-6-5-19-16(24)13(21)8-14(22)18-2/h3-4,7,13H,5-6,8-9H2,1-2H3,(H,18,22)(H,19,24)(H,20,23)/t13-/m0/s1. The van der Waals surface area contributed by atoms with Crippen molar-refractivity contribution >= 4 is 23.4 Å². The van der Waals surface area contributed by atoms with Gasteiger partial charge < -0.3 is 16.0 Å². The topological polar surface area (TPSA) is 90.5 Å². The highest BCUT2D eigenvalue weighted by Crippen LogP contribution is 2.16. The Morgan fingerprint density at radius 3 is 2.79 bits per heavy atom. The molecule has 0 aromatic heterocycles. The number of benzene rings is 1. The van der Waals surface area contributed by atoms with Crippen LogP contribution in [0.1, 0.15) is 12.0 Å². The van der Waals surface area contributed by atoms with Gasteiger partial charge >= 0.3 is 0 Å². The molecule has 0 unspecified atom stereocenters. The van der Waals surface area contributed by atoms with E-state index < -0.39 is 6.04 Å². The number of halogens is 1. The van der Waals surface area contributed by atoms with E-state index in [0.29, 0.717) is 24.3 Å². The van der Waals surface area contributed by atoms with E-state index in [2.05, 4.69) is 16.0 Å². The zero-order chi connectivity index (χ0) is 17.7. The predicted octanol–water partition coefficient (Wildman–Crippen LogP) is 0.00912. The number of rotatable bonds is 5. The van der Waals surface area contributed by atoms with Crippen LogP contribution in [0, 0.1) is 12.7 Å². The Morgan fingerprint density at radius 2 is 2.12 bits per heavy atom. The van der Waals surface area contributed by atoms with E-state index in [1.54, 1.807) is 11.8 Å². The highest BCUT2D eigenvalue weighted by atomic mass is 19.1. The third kappa shape index (κ3) is 4.51. The fraction of sp³-hybridized carbons (Fsp3) is 0.438. The maximum absolute atomic E-state index is 13.1. The average Bonchev–Trinajstić information content (AvgIpc) is 2.53. The predicted molar refractivity (Wildman–Crippen MR) is 86.8 cm³/mol. The van der Waals surface area contributed by atoms with Crippen molar-refractivity contribution in [1.29, 1.82) is 0 Å². The van der Waals surface area contributed by atoms with Gasteiger partial charge in [-0.05, 0) is 30.7 Å². The molecule has 1 fully saturated rings. The molecule has 1 aromatic carbocycles. The van der Waals surface area contributed by atoms with Gasteiger partial charge in [-0.15, -0.1) is 0 Å². The van der Waals surface area contributed by atoms with Crippen LogP contribution < -0.4 is 16.0 Å². The van der Waals surface area contributed by atoms with Crippen LogP contribution in [0.4, 0.5) is 10.1 Å². The maximum atomic E-state index is 13.1. The second kappa shape index (κ2) is 7.87. The zero-order valence-electron chi connectivity index (χ0n) is 13.7. The Morgan fingerprint density at radius 1 is 1.38 bits per heavy atom. The molecule has 2 rings (SSSR count). The third-order valence-corrected chi connectivity index (χ3v) is 3.91. The SMILES string of the molecule is CNC(=O)C[C@H]1C(=O)NCCN1CC(=O)Nc1ccc(F)cc1C. The molecule has 0 saturated carbocycles. The first kappa shape index (κ1) is 17.9. The Hall–Kier alpha value is -2.48. The minimum atomic E-state index is -0.682. The van der Waals surface area contributed by atoms with Crippen LogP contribution in [0.2, 0.25) is 0 Å². The minimum absolute atomic E-state index is 0.00874. The van der Waals surface area contributed by atoms with E-state index >= 15 is 0 Å². The molecular formula is C16H21FN4O3. The molecule has 0 aliphatic carbocycles. The summed E-state index contributed by atoms with van der Waals surface area (Å²) in [5.74, 6) is -1.22. The molecular weight excluding hydrogens is 315 g/mol. The van der Waals surface area contributed by atoms with Gasteiger partial charge in [0.2, 0.25) is 17.7 Å². The molecule has 7 nitrogen and oxygen atoms in total. The van der Waals surface area contributed by atoms with Crippen LogP contribution in [-0.4, -0.2) is 55.3 Å². The van der Waals surface area contributed by atoms with Crippen LogP contribution in [-0.2, 0) is 14.4 Å². The number of aryl methyl sites for hydroxylation is 1. The van der Waals surface area contributed by atoms with Crippen LogP contribution in [0.15, 0.2) is 18.2 Å². The number of hydrogen-bond donors (Lipinski definition) is 3. The molecule has 0 bridgehead atoms. The first-order valence-corrected chi connectivity index (χ1v) is 7.69. The van der Waals surface area contributed by atoms with E-state index in [9.17, 15) is 18.8 Å². The number of anilines is 1. The van der Waals surface area contributed by atoms with Crippen molar-refractivity contribution in [2.24, 2.45) is 0 Å². The molecule has 1 aliphatic rings. The van der Waals surface area contributed by atoms with Crippen LogP contribution in [0.25, 0.3) is 0 Å². The second-order valence-corrected chi connectivity index (χ2v) is 5.66. The normalized spacial score (nSPS) is 18.0. The molecule has 8 heteroatoms. The summed E-state index contributed by atoms with van der Waals surface area (Å²) in [6.07, 6.45) is -0.00874. The minimum Gasteiger partial charge on any atom is -0.359 e. The number of amides is 3. The number of carbonyl (C=O) groups is 3. The number of piperazine rings is 1. The van der Waals surface area contributed by atoms with Gasteiger partial charge in [0, 0.05) is 25.8 Å². The van der Waals surface area contributed by atoms with Crippen molar-refractivity contribution < 1.29 is 18.8 Å². The van der Waals surface area contributed by atoms with Crippen molar-refractivity contribution in [3.63, 3.8) is 0 Å². The summed E-state index contributed by atoms with van der Waals surface area (Å²) in [6, 6.07) is 3.41. The molecule has 1 atom stereocenters. The monoisotopic (exact) mass is 336 g/mol. The highest BCUT2D eigenvalue weighted by Gasteiger charge is 2.32. The van der Waals surface area contributed by atoms with E-state index in [0.717, 1.165) is 0 Å². The Bertz CT molecular complexity index is 650. The molecule has 1 heterocycles. The van der Waals surface area contributed by atoms with Gasteiger partial charge in [-0.2, -0.15) is 0 Å². The molecule has 3 amide bonds. The molecule has 0 radical (unpaired) electrons. The summed E-state index contributed by atoms with van der Waals surface area (Å²) < 4.78 is 13.1. The lowest BCUT2D eigenvalue weighted by Crippen LogP contribution is -2.57. The molecule has 0 spiro atoms. The summed E-state index contributed by atoms with van der Waals surface area (Å²) in [5.41, 5.74) is 1.13. The summed E-state index contributed by atoms with van der Waals surface area (Å²) in [4.78, 5) is 37.5. The molecule has 1 aliphatic heterocycles. The van der Waals surface area contributed by atoms with Crippen LogP contribution in [0.3, 0.4) is 0 Å². The summed E-state index contributed by atoms with van der Waals surface area (Å²) in [6.45, 7) is 2.57. The zero-order valence-corrected chi connectivity index (χ0v) is 13.7. The van der Waals surface area contributed by atoms with Gasteiger partial charge in [0.05, 0.1) is 19.0 Å². The van der Waals surface area contributed by atoms with E-state index in [-0.39, 0.29) is 36.5 Å². The highest BCUT2D eigenvalue weighted by molar-refractivity contribution is 5.94. The van der Waals surface area contributed by atoms with Gasteiger partial charge in [-0.1, -0.05) is 0 Å². The van der Waals surface area contributed by atoms with Crippen molar-refractivity contribution in [2.45, 2.75) is 19.4 Å². The molecule has 1 saturated heterocycles. The van der Waals surface area contributed by atoms with Gasteiger partial charge in [0.1, 0.15) is 5.82 Å². The maximum Gasteiger partial charge on any atom is 0.238 e. The molecule has 3 N–H and O–H groups in total. The lowest BCUT2D eigenvalue weighted by molar-refractivity contribution is -0.135. The number of nitrogens with zero attached hydrogens (tertiary/aromatic N) is 1. The lowest BCUT2D eigenvalue weighted by Gasteiger charge is -2.34. The Kier molecular flexibility index (Phi) is 5.86. The van der Waals surface area contributed by atoms with Gasteiger partial charge in [0.15, 0.2) is 0 Å². The van der Waals surface area contributed by atoms with Gasteiger partial charge in [-0.3, -0.25) is 19.3 Å². The fourth-order valence-electron chi connectivity index (χ4n) is 2.59. The average molecular weight is 336 g/mol.